The minimum Gasteiger partial charge on any atom is -0.469 e. The summed E-state index contributed by atoms with van der Waals surface area (Å²) >= 11 is 0. The predicted molar refractivity (Wildman–Crippen MR) is 246 cm³/mol. The number of nitrogens with one attached hydrogen (secondary N) is 2. The normalized spacial score (nSPS) is 28.0. The second-order valence-corrected chi connectivity index (χ2v) is 18.1. The highest BCUT2D eigenvalue weighted by Crippen LogP contribution is 2.53. The first-order valence-corrected chi connectivity index (χ1v) is 20.4. The fourth-order valence-corrected chi connectivity index (χ4v) is 9.37. The highest BCUT2D eigenvalue weighted by Gasteiger charge is 2.61. The van der Waals surface area contributed by atoms with Crippen LogP contribution in [0.15, 0.2) is 44.7 Å². The van der Waals surface area contributed by atoms with Crippen molar-refractivity contribution >= 4 is 74.8 Å². The van der Waals surface area contributed by atoms with Crippen molar-refractivity contribution in [2.24, 2.45) is 31.9 Å². The molecule has 8 bridgehead atoms. The Kier molecular flexibility index (Phi) is 12.7. The molecule has 0 saturated carbocycles. The van der Waals surface area contributed by atoms with Crippen LogP contribution in [0.2, 0.25) is 0 Å². The van der Waals surface area contributed by atoms with Gasteiger partial charge in [0.15, 0.2) is 0 Å². The van der Waals surface area contributed by atoms with Gasteiger partial charge in [-0.15, -0.1) is 0 Å². The van der Waals surface area contributed by atoms with Crippen LogP contribution < -0.4 is 11.5 Å². The van der Waals surface area contributed by atoms with E-state index in [0.717, 1.165) is 33.4 Å². The molecule has 4 aliphatic heterocycles. The van der Waals surface area contributed by atoms with E-state index in [1.165, 1.54) is 14.2 Å². The standard InChI is InChI=1S/C41H52N10O6P2.2CH4/c1-18-22(10-12-32(52)56-8)28-17-29-23(11-13-33(53)57-9)19(2)25(45-29)15-30-34(37(5)36(42)40(54,58)50-48-37)20(3)27(46-30)16-31-35(21(4)26(47-31)14-24(18)44-28)38(6)39(7,43)41(55,59)51-49-38;;/h14-17,36,46-47,54-55H,10-13,42-43,58-59H2,1-9H3;2*1H4/t36-,37+,38+,39-,40+,41+;;/m0../s1. The number of carbonyl (C=O) groups excluding carboxylic acids is 2. The van der Waals surface area contributed by atoms with Gasteiger partial charge in [0, 0.05) is 46.0 Å². The van der Waals surface area contributed by atoms with E-state index in [-0.39, 0.29) is 39.6 Å². The average Bonchev–Trinajstić information content (AvgIpc) is 3.93. The minimum absolute atomic E-state index is 0. The molecule has 0 radical (unpaired) electrons. The molecule has 0 saturated heterocycles. The number of ether oxygens (including phenoxy) is 2. The molecule has 7 rings (SSSR count). The number of carbonyl (C=O) groups is 2. The second kappa shape index (κ2) is 16.3. The summed E-state index contributed by atoms with van der Waals surface area (Å²) in [7, 11) is 7.36. The molecule has 8 N–H and O–H groups in total. The molecular weight excluding hydrogens is 814 g/mol. The van der Waals surface area contributed by atoms with E-state index in [2.05, 4.69) is 48.9 Å². The number of methoxy groups -OCH3 is 2. The van der Waals surface area contributed by atoms with Gasteiger partial charge in [-0.05, 0) is 119 Å². The Morgan fingerprint density at radius 1 is 0.705 bits per heavy atom. The summed E-state index contributed by atoms with van der Waals surface area (Å²) in [5.74, 6) is -0.711. The lowest BCUT2D eigenvalue weighted by Crippen LogP contribution is -2.61. The zero-order valence-corrected chi connectivity index (χ0v) is 37.0. The number of nitrogens with two attached hydrogens (primary N) is 2. The third-order valence-corrected chi connectivity index (χ3v) is 14.0. The van der Waals surface area contributed by atoms with Crippen LogP contribution in [-0.4, -0.2) is 78.8 Å². The number of aliphatic hydroxyl groups is 2. The van der Waals surface area contributed by atoms with Crippen LogP contribution in [0.5, 0.6) is 0 Å². The summed E-state index contributed by atoms with van der Waals surface area (Å²) in [6.45, 7) is 13.2. The molecule has 3 aromatic heterocycles. The van der Waals surface area contributed by atoms with Crippen LogP contribution in [0.25, 0.3) is 44.4 Å². The maximum atomic E-state index is 12.5. The van der Waals surface area contributed by atoms with Crippen LogP contribution in [0, 0.1) is 13.8 Å². The smallest absolute Gasteiger partial charge is 0.305 e. The molecule has 0 amide bonds. The molecule has 2 unspecified atom stereocenters. The number of aromatic amines is 2. The van der Waals surface area contributed by atoms with Crippen LogP contribution in [-0.2, 0) is 30.1 Å². The monoisotopic (exact) mass is 874 g/mol. The first kappa shape index (κ1) is 47.5. The first-order chi connectivity index (χ1) is 27.5. The summed E-state index contributed by atoms with van der Waals surface area (Å²) in [6, 6.07) is 6.77. The second-order valence-electron chi connectivity index (χ2n) is 16.4. The Hall–Kier alpha value is -4.56. The van der Waals surface area contributed by atoms with Crippen LogP contribution >= 0.6 is 18.5 Å². The minimum atomic E-state index is -1.76. The van der Waals surface area contributed by atoms with Crippen molar-refractivity contribution in [3.63, 3.8) is 0 Å². The molecule has 0 fully saturated rings. The number of allylic oxidation sites excluding steroid dienone is 4. The summed E-state index contributed by atoms with van der Waals surface area (Å²) in [5.41, 5.74) is 18.0. The molecule has 4 aliphatic rings. The highest BCUT2D eigenvalue weighted by molar-refractivity contribution is 7.18. The molecule has 0 aliphatic carbocycles. The van der Waals surface area contributed by atoms with E-state index >= 15 is 0 Å². The zero-order chi connectivity index (χ0) is 43.2. The number of aromatic nitrogens is 4. The fourth-order valence-electron chi connectivity index (χ4n) is 8.65. The van der Waals surface area contributed by atoms with Crippen molar-refractivity contribution in [3.8, 4) is 0 Å². The van der Waals surface area contributed by atoms with Gasteiger partial charge in [-0.3, -0.25) is 9.59 Å². The molecule has 7 heterocycles. The van der Waals surface area contributed by atoms with Gasteiger partial charge in [-0.25, -0.2) is 9.97 Å². The van der Waals surface area contributed by atoms with Crippen molar-refractivity contribution in [2.75, 3.05) is 14.2 Å². The Morgan fingerprint density at radius 3 is 1.61 bits per heavy atom. The van der Waals surface area contributed by atoms with Crippen LogP contribution in [0.3, 0.4) is 0 Å². The molecule has 0 spiro atoms. The Morgan fingerprint density at radius 2 is 1.16 bits per heavy atom. The zero-order valence-electron chi connectivity index (χ0n) is 34.7. The van der Waals surface area contributed by atoms with E-state index in [9.17, 15) is 19.8 Å². The topological polar surface area (TPSA) is 252 Å². The summed E-state index contributed by atoms with van der Waals surface area (Å²) in [5, 5.41) is 40.2. The Labute approximate surface area is 361 Å². The number of fused-ring (bicyclic) bond motifs is 8. The summed E-state index contributed by atoms with van der Waals surface area (Å²) < 4.78 is 10.0. The lowest BCUT2D eigenvalue weighted by Gasteiger charge is -2.40. The number of H-pyrrole nitrogens is 2. The largest absolute Gasteiger partial charge is 0.469 e. The van der Waals surface area contributed by atoms with Gasteiger partial charge >= 0.3 is 11.9 Å². The third-order valence-electron chi connectivity index (χ3n) is 12.8. The highest BCUT2D eigenvalue weighted by atomic mass is 31.0. The average molecular weight is 875 g/mol. The van der Waals surface area contributed by atoms with Crippen molar-refractivity contribution in [1.29, 1.82) is 0 Å². The van der Waals surface area contributed by atoms with Crippen molar-refractivity contribution in [3.05, 3.63) is 69.3 Å². The number of aryl methyl sites for hydroxylation is 2. The number of hydrogen-bond acceptors (Lipinski definition) is 14. The van der Waals surface area contributed by atoms with Crippen molar-refractivity contribution in [2.45, 2.75) is 123 Å². The number of hydrogen-bond donors (Lipinski definition) is 6. The molecule has 61 heavy (non-hydrogen) atoms. The maximum absolute atomic E-state index is 12.5. The molecule has 328 valence electrons. The third kappa shape index (κ3) is 7.48. The SMILES string of the molecule is C.C.COC(=O)CCC1=C(C)c2cc3[nH]c(cc4[nH]c(cc5nc(cc1n2)C(CCC(=O)OC)=C5C)c([C@@]1(C)N=N[C@](O)(P)[C@H]1N)c4C)c([C@@]1(C)N=N[C@](O)(P)[C@@]1(C)N)c3C. The number of nitrogens with zero attached hydrogens (tertiary/aromatic N) is 6. The van der Waals surface area contributed by atoms with E-state index < -0.39 is 33.6 Å². The lowest BCUT2D eigenvalue weighted by atomic mass is 9.74. The Bertz CT molecular complexity index is 2620. The van der Waals surface area contributed by atoms with Crippen LogP contribution in [0.1, 0.15) is 120 Å². The quantitative estimate of drug-likeness (QED) is 0.0965. The van der Waals surface area contributed by atoms with Crippen LogP contribution in [0.4, 0.5) is 0 Å². The maximum Gasteiger partial charge on any atom is 0.305 e. The van der Waals surface area contributed by atoms with Gasteiger partial charge < -0.3 is 41.1 Å². The summed E-state index contributed by atoms with van der Waals surface area (Å²) in [6.07, 6.45) is 0.965. The van der Waals surface area contributed by atoms with E-state index in [0.29, 0.717) is 68.8 Å². The van der Waals surface area contributed by atoms with Gasteiger partial charge in [-0.2, -0.15) is 20.5 Å². The Balaban J connectivity index is 0.00000352. The van der Waals surface area contributed by atoms with E-state index in [4.69, 9.17) is 30.9 Å². The van der Waals surface area contributed by atoms with E-state index in [1.807, 2.05) is 65.8 Å². The van der Waals surface area contributed by atoms with Gasteiger partial charge in [0.2, 0.25) is 10.9 Å². The van der Waals surface area contributed by atoms with E-state index in [1.54, 1.807) is 6.92 Å². The molecule has 18 heteroatoms. The number of rotatable bonds is 8. The predicted octanol–water partition coefficient (Wildman–Crippen LogP) is 7.42. The van der Waals surface area contributed by atoms with Gasteiger partial charge in [0.25, 0.3) is 0 Å². The van der Waals surface area contributed by atoms with Crippen molar-refractivity contribution < 1.29 is 29.3 Å². The number of azo groups is 2. The summed E-state index contributed by atoms with van der Waals surface area (Å²) in [4.78, 5) is 42.4. The van der Waals surface area contributed by atoms with Gasteiger partial charge in [-0.1, -0.05) is 33.3 Å². The lowest BCUT2D eigenvalue weighted by molar-refractivity contribution is -0.141. The number of esters is 2. The molecular formula is C43H60N10O6P2. The fraction of sp³-hybridized carbons (Fsp3) is 0.488. The molecule has 8 atom stereocenters. The molecule has 0 aromatic carbocycles. The molecule has 3 aromatic rings. The van der Waals surface area contributed by atoms with Crippen molar-refractivity contribution in [1.82, 2.24) is 19.9 Å². The van der Waals surface area contributed by atoms with Gasteiger partial charge in [0.1, 0.15) is 11.1 Å². The first-order valence-electron chi connectivity index (χ1n) is 19.3. The van der Waals surface area contributed by atoms with Gasteiger partial charge in [0.05, 0.1) is 48.6 Å². The molecule has 16 nitrogen and oxygen atoms in total.